The van der Waals surface area contributed by atoms with Gasteiger partial charge in [-0.25, -0.2) is 0 Å². The van der Waals surface area contributed by atoms with Crippen LogP contribution < -0.4 is 0 Å². The second-order valence-corrected chi connectivity index (χ2v) is 2.17. The van der Waals surface area contributed by atoms with Crippen molar-refractivity contribution in [2.45, 2.75) is 32.5 Å². The number of hydrogen-bond donors (Lipinski definition) is 2. The van der Waals surface area contributed by atoms with Gasteiger partial charge >= 0.3 is 0 Å². The van der Waals surface area contributed by atoms with Crippen LogP contribution in [0.3, 0.4) is 0 Å². The Kier molecular flexibility index (Phi) is 3.50. The summed E-state index contributed by atoms with van der Waals surface area (Å²) in [7, 11) is 0. The quantitative estimate of drug-likeness (QED) is 0.552. The average Bonchev–Trinajstić information content (AvgIpc) is 1.84. The van der Waals surface area contributed by atoms with Gasteiger partial charge < -0.3 is 10.2 Å². The third kappa shape index (κ3) is 2.63. The Morgan fingerprint density at radius 3 is 2.11 bits per heavy atom. The van der Waals surface area contributed by atoms with Crippen molar-refractivity contribution in [2.24, 2.45) is 0 Å². The van der Waals surface area contributed by atoms with E-state index < -0.39 is 12.2 Å². The summed E-state index contributed by atoms with van der Waals surface area (Å²) in [5.41, 5.74) is 0.498. The van der Waals surface area contributed by atoms with Crippen LogP contribution in [0.15, 0.2) is 12.2 Å². The van der Waals surface area contributed by atoms with E-state index >= 15 is 0 Å². The number of rotatable bonds is 3. The minimum absolute atomic E-state index is 0.498. The highest BCUT2D eigenvalue weighted by Crippen LogP contribution is 2.07. The fraction of sp³-hybridized carbons (Fsp3) is 0.714. The van der Waals surface area contributed by atoms with Crippen molar-refractivity contribution < 1.29 is 10.2 Å². The molecule has 0 fully saturated rings. The molecule has 9 heavy (non-hydrogen) atoms. The summed E-state index contributed by atoms with van der Waals surface area (Å²) in [6.07, 6.45) is -0.533. The fourth-order valence-electron chi connectivity index (χ4n) is 0.541. The van der Waals surface area contributed by atoms with E-state index in [1.807, 2.05) is 6.92 Å². The van der Waals surface area contributed by atoms with Gasteiger partial charge in [0.15, 0.2) is 0 Å². The first-order valence-corrected chi connectivity index (χ1v) is 3.14. The first-order valence-electron chi connectivity index (χ1n) is 3.14. The molecule has 0 rings (SSSR count). The van der Waals surface area contributed by atoms with E-state index in [0.717, 1.165) is 0 Å². The Hall–Kier alpha value is -0.340. The van der Waals surface area contributed by atoms with Crippen LogP contribution in [0.2, 0.25) is 0 Å². The van der Waals surface area contributed by atoms with Crippen molar-refractivity contribution in [3.05, 3.63) is 12.2 Å². The van der Waals surface area contributed by atoms with Crippen LogP contribution in [-0.2, 0) is 0 Å². The molecule has 0 saturated carbocycles. The maximum atomic E-state index is 9.04. The lowest BCUT2D eigenvalue weighted by Crippen LogP contribution is -2.17. The Morgan fingerprint density at radius 2 is 2.00 bits per heavy atom. The molecular formula is C7H14O2. The molecule has 0 aromatic carbocycles. The lowest BCUT2D eigenvalue weighted by atomic mass is 10.1. The van der Waals surface area contributed by atoms with Gasteiger partial charge in [0.25, 0.3) is 0 Å². The first kappa shape index (κ1) is 8.66. The van der Waals surface area contributed by atoms with Crippen LogP contribution in [0.25, 0.3) is 0 Å². The average molecular weight is 130 g/mol. The summed E-state index contributed by atoms with van der Waals surface area (Å²) in [6.45, 7) is 6.97. The minimum Gasteiger partial charge on any atom is -0.389 e. The molecule has 0 aromatic rings. The Morgan fingerprint density at radius 1 is 1.56 bits per heavy atom. The van der Waals surface area contributed by atoms with Crippen molar-refractivity contribution >= 4 is 0 Å². The van der Waals surface area contributed by atoms with Crippen LogP contribution in [0.5, 0.6) is 0 Å². The molecule has 2 atom stereocenters. The SMILES string of the molecule is C=C(C(C)O)C(O)CC. The molecule has 0 amide bonds. The summed E-state index contributed by atoms with van der Waals surface area (Å²) in [5, 5.41) is 17.9. The van der Waals surface area contributed by atoms with Crippen LogP contribution >= 0.6 is 0 Å². The molecule has 0 aliphatic heterocycles. The van der Waals surface area contributed by atoms with Gasteiger partial charge in [-0.05, 0) is 18.9 Å². The van der Waals surface area contributed by atoms with Crippen LogP contribution in [0.4, 0.5) is 0 Å². The van der Waals surface area contributed by atoms with Gasteiger partial charge in [0, 0.05) is 0 Å². The zero-order chi connectivity index (χ0) is 7.44. The third-order valence-electron chi connectivity index (χ3n) is 1.35. The van der Waals surface area contributed by atoms with Gasteiger partial charge in [-0.1, -0.05) is 13.5 Å². The fourth-order valence-corrected chi connectivity index (χ4v) is 0.541. The monoisotopic (exact) mass is 130 g/mol. The second kappa shape index (κ2) is 3.64. The number of aliphatic hydroxyl groups excluding tert-OH is 2. The van der Waals surface area contributed by atoms with E-state index in [0.29, 0.717) is 12.0 Å². The highest BCUT2D eigenvalue weighted by atomic mass is 16.3. The molecule has 0 heterocycles. The topological polar surface area (TPSA) is 40.5 Å². The van der Waals surface area contributed by atoms with E-state index in [1.54, 1.807) is 6.92 Å². The van der Waals surface area contributed by atoms with Crippen molar-refractivity contribution in [1.82, 2.24) is 0 Å². The highest BCUT2D eigenvalue weighted by molar-refractivity contribution is 5.05. The van der Waals surface area contributed by atoms with Gasteiger partial charge in [0.1, 0.15) is 0 Å². The van der Waals surface area contributed by atoms with Crippen molar-refractivity contribution in [2.75, 3.05) is 0 Å². The molecule has 0 spiro atoms. The number of aliphatic hydroxyl groups is 2. The molecule has 0 aliphatic carbocycles. The normalized spacial score (nSPS) is 16.9. The van der Waals surface area contributed by atoms with Crippen LogP contribution in [-0.4, -0.2) is 22.4 Å². The predicted molar refractivity (Wildman–Crippen MR) is 37.1 cm³/mol. The van der Waals surface area contributed by atoms with Gasteiger partial charge in [-0.15, -0.1) is 0 Å². The highest BCUT2D eigenvalue weighted by Gasteiger charge is 2.09. The molecule has 0 aliphatic rings. The van der Waals surface area contributed by atoms with Crippen molar-refractivity contribution in [3.63, 3.8) is 0 Å². The van der Waals surface area contributed by atoms with Crippen LogP contribution in [0.1, 0.15) is 20.3 Å². The molecule has 2 nitrogen and oxygen atoms in total. The van der Waals surface area contributed by atoms with E-state index in [-0.39, 0.29) is 0 Å². The Labute approximate surface area is 55.8 Å². The second-order valence-electron chi connectivity index (χ2n) is 2.17. The summed E-state index contributed by atoms with van der Waals surface area (Å²) in [5.74, 6) is 0. The zero-order valence-electron chi connectivity index (χ0n) is 5.96. The molecule has 0 radical (unpaired) electrons. The molecule has 2 N–H and O–H groups in total. The molecule has 0 aromatic heterocycles. The largest absolute Gasteiger partial charge is 0.389 e. The Bertz CT molecular complexity index is 97.1. The van der Waals surface area contributed by atoms with Gasteiger partial charge in [-0.2, -0.15) is 0 Å². The van der Waals surface area contributed by atoms with Crippen molar-refractivity contribution in [3.8, 4) is 0 Å². The van der Waals surface area contributed by atoms with Gasteiger partial charge in [0.05, 0.1) is 12.2 Å². The van der Waals surface area contributed by atoms with Gasteiger partial charge in [-0.3, -0.25) is 0 Å². The number of hydrogen-bond acceptors (Lipinski definition) is 2. The summed E-state index contributed by atoms with van der Waals surface area (Å²) < 4.78 is 0. The predicted octanol–water partition coefficient (Wildman–Crippen LogP) is 0.694. The smallest absolute Gasteiger partial charge is 0.0769 e. The van der Waals surface area contributed by atoms with E-state index in [1.165, 1.54) is 0 Å². The van der Waals surface area contributed by atoms with E-state index in [4.69, 9.17) is 10.2 Å². The molecule has 2 unspecified atom stereocenters. The Balaban J connectivity index is 3.73. The molecule has 0 bridgehead atoms. The maximum absolute atomic E-state index is 9.04. The van der Waals surface area contributed by atoms with E-state index in [2.05, 4.69) is 6.58 Å². The summed E-state index contributed by atoms with van der Waals surface area (Å²) in [4.78, 5) is 0. The molecule has 0 saturated heterocycles. The standard InChI is InChI=1S/C7H14O2/c1-4-7(9)5(2)6(3)8/h6-9H,2,4H2,1,3H3. The third-order valence-corrected chi connectivity index (χ3v) is 1.35. The lowest BCUT2D eigenvalue weighted by molar-refractivity contribution is 0.151. The van der Waals surface area contributed by atoms with E-state index in [9.17, 15) is 0 Å². The zero-order valence-corrected chi connectivity index (χ0v) is 5.96. The van der Waals surface area contributed by atoms with Crippen LogP contribution in [0, 0.1) is 0 Å². The van der Waals surface area contributed by atoms with Gasteiger partial charge in [0.2, 0.25) is 0 Å². The maximum Gasteiger partial charge on any atom is 0.0769 e. The lowest BCUT2D eigenvalue weighted by Gasteiger charge is -2.13. The molecular weight excluding hydrogens is 116 g/mol. The molecule has 2 heteroatoms. The minimum atomic E-state index is -0.597. The van der Waals surface area contributed by atoms with Crippen molar-refractivity contribution in [1.29, 1.82) is 0 Å². The molecule has 54 valence electrons. The summed E-state index contributed by atoms with van der Waals surface area (Å²) >= 11 is 0. The summed E-state index contributed by atoms with van der Waals surface area (Å²) in [6, 6.07) is 0. The first-order chi connectivity index (χ1) is 4.09.